The summed E-state index contributed by atoms with van der Waals surface area (Å²) in [6, 6.07) is 0. The maximum atomic E-state index is 9.93. The molecule has 116 valence electrons. The van der Waals surface area contributed by atoms with Gasteiger partial charge in [0, 0.05) is 5.41 Å². The molecule has 19 heavy (non-hydrogen) atoms. The van der Waals surface area contributed by atoms with Crippen LogP contribution in [0.4, 0.5) is 0 Å². The number of hydrogen-bond donors (Lipinski definition) is 2. The first-order valence-corrected chi connectivity index (χ1v) is 6.78. The van der Waals surface area contributed by atoms with Crippen molar-refractivity contribution in [2.24, 2.45) is 5.41 Å². The number of carbonyl (C=O) groups is 2. The van der Waals surface area contributed by atoms with E-state index in [9.17, 15) is 19.8 Å². The molecule has 0 heterocycles. The Bertz CT molecular complexity index is 205. The molecular formula is C13H30N2O4. The normalized spacial score (nSPS) is 9.58. The largest absolute Gasteiger partial charge is 0.549 e. The molecule has 0 atom stereocenters. The Hall–Kier alpha value is -1.14. The number of aliphatic carboxylic acids is 2. The number of rotatable bonds is 6. The predicted octanol–water partition coefficient (Wildman–Crippen LogP) is -3.31. The third-order valence-corrected chi connectivity index (χ3v) is 2.18. The lowest BCUT2D eigenvalue weighted by Gasteiger charge is -2.26. The third-order valence-electron chi connectivity index (χ3n) is 2.18. The van der Waals surface area contributed by atoms with E-state index in [2.05, 4.69) is 38.3 Å². The van der Waals surface area contributed by atoms with Crippen LogP contribution in [0.2, 0.25) is 0 Å². The van der Waals surface area contributed by atoms with Gasteiger partial charge < -0.3 is 30.4 Å². The first-order chi connectivity index (χ1) is 8.72. The molecule has 0 amide bonds. The molecule has 0 aliphatic heterocycles. The van der Waals surface area contributed by atoms with Gasteiger partial charge in [0.2, 0.25) is 0 Å². The van der Waals surface area contributed by atoms with Gasteiger partial charge in [-0.05, 0) is 41.5 Å². The summed E-state index contributed by atoms with van der Waals surface area (Å²) in [5.74, 6) is -3.27. The third kappa shape index (κ3) is 16.9. The zero-order chi connectivity index (χ0) is 15.9. The summed E-state index contributed by atoms with van der Waals surface area (Å²) in [6.45, 7) is 15.5. The lowest BCUT2D eigenvalue weighted by molar-refractivity contribution is -0.648. The summed E-state index contributed by atoms with van der Waals surface area (Å²) in [6.07, 6.45) is 0. The number of carboxylic acid groups (broad SMARTS) is 2. The van der Waals surface area contributed by atoms with Crippen LogP contribution in [0.25, 0.3) is 0 Å². The molecule has 4 N–H and O–H groups in total. The van der Waals surface area contributed by atoms with Crippen LogP contribution < -0.4 is 20.8 Å². The van der Waals surface area contributed by atoms with Crippen LogP contribution >= 0.6 is 0 Å². The number of hydrogen-bond acceptors (Lipinski definition) is 4. The van der Waals surface area contributed by atoms with Gasteiger partial charge in [0.05, 0.1) is 38.1 Å². The van der Waals surface area contributed by atoms with Gasteiger partial charge in [-0.2, -0.15) is 0 Å². The summed E-state index contributed by atoms with van der Waals surface area (Å²) < 4.78 is 0. The monoisotopic (exact) mass is 278 g/mol. The molecule has 0 unspecified atom stereocenters. The maximum absolute atomic E-state index is 9.93. The van der Waals surface area contributed by atoms with Crippen LogP contribution in [0, 0.1) is 5.41 Å². The molecule has 6 heteroatoms. The van der Waals surface area contributed by atoms with Crippen molar-refractivity contribution in [3.05, 3.63) is 0 Å². The van der Waals surface area contributed by atoms with Gasteiger partial charge in [-0.3, -0.25) is 0 Å². The van der Waals surface area contributed by atoms with Gasteiger partial charge >= 0.3 is 0 Å². The Kier molecular flexibility index (Phi) is 18.1. The lowest BCUT2D eigenvalue weighted by Crippen LogP contribution is -2.82. The van der Waals surface area contributed by atoms with Crippen molar-refractivity contribution in [3.63, 3.8) is 0 Å². The summed E-state index contributed by atoms with van der Waals surface area (Å²) in [4.78, 5) is 19.9. The zero-order valence-electron chi connectivity index (χ0n) is 13.1. The van der Waals surface area contributed by atoms with E-state index in [4.69, 9.17) is 0 Å². The minimum Gasteiger partial charge on any atom is -0.549 e. The van der Waals surface area contributed by atoms with Crippen molar-refractivity contribution < 1.29 is 30.4 Å². The second-order valence-electron chi connectivity index (χ2n) is 4.41. The SMILES string of the molecule is CC(C)(C(=O)[O-])C(=O)[O-].CC[NH2+]CC.CC[NH2+]CC. The summed E-state index contributed by atoms with van der Waals surface area (Å²) in [7, 11) is 0. The molecule has 0 saturated carbocycles. The van der Waals surface area contributed by atoms with Gasteiger partial charge in [0.15, 0.2) is 0 Å². The molecule has 0 aromatic heterocycles. The average Bonchev–Trinajstić information content (AvgIpc) is 2.32. The van der Waals surface area contributed by atoms with E-state index >= 15 is 0 Å². The number of quaternary nitrogens is 2. The minimum absolute atomic E-state index is 1.01. The van der Waals surface area contributed by atoms with E-state index in [1.54, 1.807) is 0 Å². The fourth-order valence-electron chi connectivity index (χ4n) is 0.661. The van der Waals surface area contributed by atoms with Crippen LogP contribution in [-0.2, 0) is 9.59 Å². The number of carboxylic acids is 2. The van der Waals surface area contributed by atoms with E-state index in [0.29, 0.717) is 0 Å². The van der Waals surface area contributed by atoms with Crippen LogP contribution in [0.1, 0.15) is 41.5 Å². The number of nitrogens with two attached hydrogens (primary N) is 2. The Morgan fingerprint density at radius 3 is 1.00 bits per heavy atom. The van der Waals surface area contributed by atoms with Crippen molar-refractivity contribution in [3.8, 4) is 0 Å². The van der Waals surface area contributed by atoms with Crippen LogP contribution in [0.15, 0.2) is 0 Å². The Labute approximate surface area is 116 Å². The maximum Gasteiger partial charge on any atom is 0.0726 e. The van der Waals surface area contributed by atoms with Crippen molar-refractivity contribution >= 4 is 11.9 Å². The van der Waals surface area contributed by atoms with Gasteiger partial charge in [-0.25, -0.2) is 0 Å². The second-order valence-corrected chi connectivity index (χ2v) is 4.41. The van der Waals surface area contributed by atoms with Crippen molar-refractivity contribution in [1.82, 2.24) is 0 Å². The molecule has 0 saturated heterocycles. The molecule has 0 aromatic carbocycles. The highest BCUT2D eigenvalue weighted by molar-refractivity contribution is 5.94. The van der Waals surface area contributed by atoms with E-state index in [1.807, 2.05) is 0 Å². The highest BCUT2D eigenvalue weighted by Crippen LogP contribution is 2.10. The summed E-state index contributed by atoms with van der Waals surface area (Å²) in [5, 5.41) is 24.4. The van der Waals surface area contributed by atoms with Crippen LogP contribution in [0.5, 0.6) is 0 Å². The second kappa shape index (κ2) is 14.9. The first kappa shape index (κ1) is 23.0. The Balaban J connectivity index is -0.000000219. The summed E-state index contributed by atoms with van der Waals surface area (Å²) >= 11 is 0. The smallest absolute Gasteiger partial charge is 0.0726 e. The highest BCUT2D eigenvalue weighted by atomic mass is 16.4. The predicted molar refractivity (Wildman–Crippen MR) is 69.8 cm³/mol. The van der Waals surface area contributed by atoms with Crippen molar-refractivity contribution in [1.29, 1.82) is 0 Å². The van der Waals surface area contributed by atoms with Gasteiger partial charge in [-0.1, -0.05) is 0 Å². The van der Waals surface area contributed by atoms with Crippen LogP contribution in [-0.4, -0.2) is 38.1 Å². The molecule has 0 rings (SSSR count). The topological polar surface area (TPSA) is 113 Å². The fourth-order valence-corrected chi connectivity index (χ4v) is 0.661. The van der Waals surface area contributed by atoms with Gasteiger partial charge in [-0.15, -0.1) is 0 Å². The molecule has 0 aliphatic rings. The Morgan fingerprint density at radius 1 is 0.789 bits per heavy atom. The van der Waals surface area contributed by atoms with Crippen molar-refractivity contribution in [2.75, 3.05) is 26.2 Å². The zero-order valence-corrected chi connectivity index (χ0v) is 13.1. The minimum atomic E-state index is -1.89. The summed E-state index contributed by atoms with van der Waals surface area (Å²) in [5.41, 5.74) is -1.89. The van der Waals surface area contributed by atoms with E-state index in [1.165, 1.54) is 26.2 Å². The Morgan fingerprint density at radius 2 is 1.00 bits per heavy atom. The molecule has 0 radical (unpaired) electrons. The molecule has 0 aliphatic carbocycles. The van der Waals surface area contributed by atoms with E-state index in [0.717, 1.165) is 13.8 Å². The standard InChI is InChI=1S/C5H8O4.2C4H11N/c1-5(2,3(6)7)4(8)9;2*1-3-5-4-2/h1-2H3,(H,6,7)(H,8,9);2*5H,3-4H2,1-2H3. The van der Waals surface area contributed by atoms with Gasteiger partial charge in [0.25, 0.3) is 0 Å². The highest BCUT2D eigenvalue weighted by Gasteiger charge is 2.20. The number of carbonyl (C=O) groups excluding carboxylic acids is 2. The molecule has 0 spiro atoms. The van der Waals surface area contributed by atoms with Crippen LogP contribution in [0.3, 0.4) is 0 Å². The first-order valence-electron chi connectivity index (χ1n) is 6.78. The molecular weight excluding hydrogens is 248 g/mol. The van der Waals surface area contributed by atoms with E-state index in [-0.39, 0.29) is 0 Å². The lowest BCUT2D eigenvalue weighted by atomic mass is 9.95. The average molecular weight is 278 g/mol. The molecule has 0 bridgehead atoms. The van der Waals surface area contributed by atoms with Gasteiger partial charge in [0.1, 0.15) is 0 Å². The quantitative estimate of drug-likeness (QED) is 0.495. The van der Waals surface area contributed by atoms with E-state index < -0.39 is 17.4 Å². The molecule has 0 fully saturated rings. The van der Waals surface area contributed by atoms with Crippen molar-refractivity contribution in [2.45, 2.75) is 41.5 Å². The molecule has 6 nitrogen and oxygen atoms in total. The fraction of sp³-hybridized carbons (Fsp3) is 0.846. The molecule has 0 aromatic rings.